The smallest absolute Gasteiger partial charge is 0.335 e. The third-order valence-electron chi connectivity index (χ3n) is 4.32. The zero-order valence-electron chi connectivity index (χ0n) is 17.0. The van der Waals surface area contributed by atoms with Gasteiger partial charge in [-0.2, -0.15) is 0 Å². The van der Waals surface area contributed by atoms with Gasteiger partial charge in [0.15, 0.2) is 11.5 Å². The molecule has 2 aromatic rings. The van der Waals surface area contributed by atoms with Crippen LogP contribution in [0.1, 0.15) is 12.5 Å². The van der Waals surface area contributed by atoms with Crippen LogP contribution in [0, 0.1) is 12.3 Å². The van der Waals surface area contributed by atoms with Crippen LogP contribution in [0.15, 0.2) is 48.0 Å². The summed E-state index contributed by atoms with van der Waals surface area (Å²) in [7, 11) is 1.51. The normalized spacial score (nSPS) is 14.8. The number of hydrogen-bond donors (Lipinski definition) is 1. The molecule has 0 aromatic heterocycles. The predicted octanol–water partition coefficient (Wildman–Crippen LogP) is 2.77. The SMILES string of the molecule is C#CCOc1ccc(/C=C2\C(=O)NC(=O)N(c3ccc(OC)cc3)C2=O)cc1OCC. The van der Waals surface area contributed by atoms with Crippen LogP contribution in [0.4, 0.5) is 10.5 Å². The summed E-state index contributed by atoms with van der Waals surface area (Å²) < 4.78 is 16.1. The molecule has 1 heterocycles. The minimum atomic E-state index is -0.828. The van der Waals surface area contributed by atoms with Gasteiger partial charge in [-0.15, -0.1) is 6.42 Å². The number of anilines is 1. The Morgan fingerprint density at radius 1 is 1.06 bits per heavy atom. The zero-order valence-corrected chi connectivity index (χ0v) is 17.0. The maximum atomic E-state index is 13.0. The Labute approximate surface area is 179 Å². The third-order valence-corrected chi connectivity index (χ3v) is 4.32. The Morgan fingerprint density at radius 3 is 2.45 bits per heavy atom. The molecule has 0 spiro atoms. The van der Waals surface area contributed by atoms with E-state index in [1.54, 1.807) is 42.5 Å². The van der Waals surface area contributed by atoms with Crippen molar-refractivity contribution in [1.29, 1.82) is 0 Å². The number of urea groups is 1. The lowest BCUT2D eigenvalue weighted by Gasteiger charge is -2.26. The molecular formula is C23H20N2O6. The van der Waals surface area contributed by atoms with Crippen LogP contribution >= 0.6 is 0 Å². The number of carbonyl (C=O) groups excluding carboxylic acids is 3. The number of carbonyl (C=O) groups is 3. The fraction of sp³-hybridized carbons (Fsp3) is 0.174. The highest BCUT2D eigenvalue weighted by Crippen LogP contribution is 2.30. The molecule has 0 aliphatic carbocycles. The minimum Gasteiger partial charge on any atom is -0.497 e. The Bertz CT molecular complexity index is 1080. The Kier molecular flexibility index (Phi) is 6.58. The van der Waals surface area contributed by atoms with Gasteiger partial charge in [0.2, 0.25) is 0 Å². The van der Waals surface area contributed by atoms with Gasteiger partial charge in [-0.3, -0.25) is 14.9 Å². The highest BCUT2D eigenvalue weighted by atomic mass is 16.5. The number of methoxy groups -OCH3 is 1. The molecule has 0 atom stereocenters. The summed E-state index contributed by atoms with van der Waals surface area (Å²) in [6.07, 6.45) is 6.61. The van der Waals surface area contributed by atoms with Crippen molar-refractivity contribution in [2.24, 2.45) is 0 Å². The second-order valence-corrected chi connectivity index (χ2v) is 6.29. The van der Waals surface area contributed by atoms with Gasteiger partial charge in [-0.05, 0) is 55.0 Å². The quantitative estimate of drug-likeness (QED) is 0.421. The number of barbiturate groups is 1. The van der Waals surface area contributed by atoms with Crippen LogP contribution in [0.2, 0.25) is 0 Å². The third kappa shape index (κ3) is 4.67. The molecule has 1 N–H and O–H groups in total. The molecule has 1 aliphatic rings. The number of ether oxygens (including phenoxy) is 3. The van der Waals surface area contributed by atoms with Crippen LogP contribution in [0.5, 0.6) is 17.2 Å². The van der Waals surface area contributed by atoms with E-state index in [1.807, 2.05) is 6.92 Å². The molecule has 3 rings (SSSR count). The van der Waals surface area contributed by atoms with E-state index in [0.29, 0.717) is 35.1 Å². The van der Waals surface area contributed by atoms with Crippen molar-refractivity contribution in [3.63, 3.8) is 0 Å². The zero-order chi connectivity index (χ0) is 22.4. The van der Waals surface area contributed by atoms with Gasteiger partial charge in [0.1, 0.15) is 17.9 Å². The van der Waals surface area contributed by atoms with Gasteiger partial charge in [0.05, 0.1) is 19.4 Å². The Hall–Kier alpha value is -4.25. The first-order valence-corrected chi connectivity index (χ1v) is 9.37. The summed E-state index contributed by atoms with van der Waals surface area (Å²) in [5.74, 6) is 2.27. The summed E-state index contributed by atoms with van der Waals surface area (Å²) in [5, 5.41) is 2.19. The molecule has 8 nitrogen and oxygen atoms in total. The topological polar surface area (TPSA) is 94.2 Å². The lowest BCUT2D eigenvalue weighted by molar-refractivity contribution is -0.122. The second kappa shape index (κ2) is 9.50. The van der Waals surface area contributed by atoms with E-state index >= 15 is 0 Å². The molecule has 31 heavy (non-hydrogen) atoms. The largest absolute Gasteiger partial charge is 0.497 e. The van der Waals surface area contributed by atoms with Crippen molar-refractivity contribution >= 4 is 29.6 Å². The van der Waals surface area contributed by atoms with Crippen LogP contribution in [-0.2, 0) is 9.59 Å². The van der Waals surface area contributed by atoms with Gasteiger partial charge < -0.3 is 14.2 Å². The maximum Gasteiger partial charge on any atom is 0.335 e. The van der Waals surface area contributed by atoms with Crippen molar-refractivity contribution in [1.82, 2.24) is 5.32 Å². The average Bonchev–Trinajstić information content (AvgIpc) is 2.76. The van der Waals surface area contributed by atoms with Crippen molar-refractivity contribution in [2.75, 3.05) is 25.2 Å². The van der Waals surface area contributed by atoms with E-state index in [1.165, 1.54) is 13.2 Å². The van der Waals surface area contributed by atoms with E-state index in [2.05, 4.69) is 11.2 Å². The van der Waals surface area contributed by atoms with Crippen LogP contribution in [0.3, 0.4) is 0 Å². The Morgan fingerprint density at radius 2 is 1.81 bits per heavy atom. The number of amides is 4. The van der Waals surface area contributed by atoms with Gasteiger partial charge in [0, 0.05) is 0 Å². The summed E-state index contributed by atoms with van der Waals surface area (Å²) >= 11 is 0. The van der Waals surface area contributed by atoms with Crippen molar-refractivity contribution in [2.45, 2.75) is 6.92 Å². The standard InChI is InChI=1S/C23H20N2O6/c1-4-12-31-19-11-6-15(14-20(19)30-5-2)13-18-21(26)24-23(28)25(22(18)27)16-7-9-17(29-3)10-8-16/h1,6-11,13-14H,5,12H2,2-3H3,(H,24,26,28)/b18-13+. The molecule has 0 radical (unpaired) electrons. The lowest BCUT2D eigenvalue weighted by Crippen LogP contribution is -2.54. The summed E-state index contributed by atoms with van der Waals surface area (Å²) in [4.78, 5) is 38.6. The fourth-order valence-corrected chi connectivity index (χ4v) is 2.91. The number of nitrogens with zero attached hydrogens (tertiary/aromatic N) is 1. The van der Waals surface area contributed by atoms with E-state index in [4.69, 9.17) is 20.6 Å². The molecule has 158 valence electrons. The number of benzene rings is 2. The van der Waals surface area contributed by atoms with Crippen LogP contribution in [-0.4, -0.2) is 38.2 Å². The molecule has 0 unspecified atom stereocenters. The van der Waals surface area contributed by atoms with E-state index in [-0.39, 0.29) is 12.2 Å². The Balaban J connectivity index is 1.95. The number of nitrogens with one attached hydrogen (secondary N) is 1. The molecule has 8 heteroatoms. The van der Waals surface area contributed by atoms with Crippen molar-refractivity contribution in [3.8, 4) is 29.6 Å². The first-order valence-electron chi connectivity index (χ1n) is 9.37. The lowest BCUT2D eigenvalue weighted by atomic mass is 10.1. The van der Waals surface area contributed by atoms with Crippen LogP contribution in [0.25, 0.3) is 6.08 Å². The highest BCUT2D eigenvalue weighted by molar-refractivity contribution is 6.39. The van der Waals surface area contributed by atoms with E-state index < -0.39 is 17.8 Å². The summed E-state index contributed by atoms with van der Waals surface area (Å²) in [6, 6.07) is 10.4. The molecule has 4 amide bonds. The fourth-order valence-electron chi connectivity index (χ4n) is 2.91. The predicted molar refractivity (Wildman–Crippen MR) is 114 cm³/mol. The molecule has 0 saturated carbocycles. The van der Waals surface area contributed by atoms with E-state index in [0.717, 1.165) is 4.90 Å². The molecule has 1 saturated heterocycles. The van der Waals surface area contributed by atoms with Gasteiger partial charge in [0.25, 0.3) is 11.8 Å². The molecule has 0 bridgehead atoms. The van der Waals surface area contributed by atoms with Crippen molar-refractivity contribution < 1.29 is 28.6 Å². The molecule has 1 aliphatic heterocycles. The number of terminal acetylenes is 1. The van der Waals surface area contributed by atoms with Crippen LogP contribution < -0.4 is 24.4 Å². The monoisotopic (exact) mass is 420 g/mol. The number of hydrogen-bond acceptors (Lipinski definition) is 6. The van der Waals surface area contributed by atoms with Gasteiger partial charge in [-0.1, -0.05) is 12.0 Å². The van der Waals surface area contributed by atoms with Gasteiger partial charge in [-0.25, -0.2) is 9.69 Å². The second-order valence-electron chi connectivity index (χ2n) is 6.29. The first kappa shape index (κ1) is 21.5. The summed E-state index contributed by atoms with van der Waals surface area (Å²) in [6.45, 7) is 2.26. The van der Waals surface area contributed by atoms with Gasteiger partial charge >= 0.3 is 6.03 Å². The number of rotatable bonds is 7. The van der Waals surface area contributed by atoms with Crippen molar-refractivity contribution in [3.05, 3.63) is 53.6 Å². The highest BCUT2D eigenvalue weighted by Gasteiger charge is 2.36. The average molecular weight is 420 g/mol. The summed E-state index contributed by atoms with van der Waals surface area (Å²) in [5.41, 5.74) is 0.615. The number of imide groups is 2. The first-order chi connectivity index (χ1) is 15.0. The molecular weight excluding hydrogens is 400 g/mol. The van der Waals surface area contributed by atoms with E-state index in [9.17, 15) is 14.4 Å². The molecule has 1 fully saturated rings. The maximum absolute atomic E-state index is 13.0. The molecule has 2 aromatic carbocycles. The minimum absolute atomic E-state index is 0.0698.